The number of hydrogen-bond donors (Lipinski definition) is 0. The Morgan fingerprint density at radius 3 is 2.12 bits per heavy atom. The van der Waals surface area contributed by atoms with Crippen LogP contribution in [-0.4, -0.2) is 0 Å². The van der Waals surface area contributed by atoms with E-state index >= 15 is 8.78 Å². The zero-order valence-corrected chi connectivity index (χ0v) is 19.4. The molecule has 0 radical (unpaired) electrons. The molecule has 0 N–H and O–H groups in total. The van der Waals surface area contributed by atoms with Crippen molar-refractivity contribution in [2.24, 2.45) is 5.92 Å². The molecule has 0 aromatic heterocycles. The minimum absolute atomic E-state index is 0.112. The van der Waals surface area contributed by atoms with Gasteiger partial charge in [-0.1, -0.05) is 80.4 Å². The van der Waals surface area contributed by atoms with Crippen molar-refractivity contribution in [3.63, 3.8) is 0 Å². The highest BCUT2D eigenvalue weighted by molar-refractivity contribution is 5.72. The van der Waals surface area contributed by atoms with E-state index in [9.17, 15) is 4.39 Å². The summed E-state index contributed by atoms with van der Waals surface area (Å²) in [4.78, 5) is 0. The second-order valence-corrected chi connectivity index (χ2v) is 9.30. The van der Waals surface area contributed by atoms with Gasteiger partial charge in [-0.2, -0.15) is 0 Å². The maximum atomic E-state index is 15.0. The van der Waals surface area contributed by atoms with Crippen molar-refractivity contribution in [1.82, 2.24) is 0 Å². The molecule has 0 aliphatic heterocycles. The van der Waals surface area contributed by atoms with Gasteiger partial charge in [-0.15, -0.1) is 0 Å². The molecule has 3 aromatic carbocycles. The van der Waals surface area contributed by atoms with Crippen molar-refractivity contribution >= 4 is 12.2 Å². The summed E-state index contributed by atoms with van der Waals surface area (Å²) in [5.74, 6) is -0.849. The van der Waals surface area contributed by atoms with Crippen molar-refractivity contribution in [3.05, 3.63) is 94.3 Å². The summed E-state index contributed by atoms with van der Waals surface area (Å²) in [5, 5.41) is 0. The van der Waals surface area contributed by atoms with Crippen molar-refractivity contribution in [1.29, 1.82) is 0 Å². The molecule has 33 heavy (non-hydrogen) atoms. The van der Waals surface area contributed by atoms with Crippen molar-refractivity contribution in [2.75, 3.05) is 0 Å². The van der Waals surface area contributed by atoms with E-state index in [2.05, 4.69) is 6.92 Å². The van der Waals surface area contributed by atoms with Gasteiger partial charge >= 0.3 is 0 Å². The van der Waals surface area contributed by atoms with Crippen LogP contribution >= 0.6 is 0 Å². The quantitative estimate of drug-likeness (QED) is 0.330. The molecule has 0 amide bonds. The molecule has 0 saturated heterocycles. The number of hydrogen-bond acceptors (Lipinski definition) is 0. The molecule has 0 spiro atoms. The maximum Gasteiger partial charge on any atom is 0.166 e. The van der Waals surface area contributed by atoms with Gasteiger partial charge in [0.15, 0.2) is 11.6 Å². The van der Waals surface area contributed by atoms with Gasteiger partial charge in [-0.25, -0.2) is 13.2 Å². The lowest BCUT2D eigenvalue weighted by molar-refractivity contribution is 0.303. The van der Waals surface area contributed by atoms with E-state index in [0.717, 1.165) is 42.7 Å². The smallest absolute Gasteiger partial charge is 0.166 e. The Labute approximate surface area is 195 Å². The highest BCUT2D eigenvalue weighted by Crippen LogP contribution is 2.40. The van der Waals surface area contributed by atoms with E-state index in [1.807, 2.05) is 30.4 Å². The molecule has 0 atom stereocenters. The minimum Gasteiger partial charge on any atom is -0.207 e. The first-order chi connectivity index (χ1) is 16.0. The molecular weight excluding hydrogens is 417 g/mol. The second kappa shape index (κ2) is 10.4. The summed E-state index contributed by atoms with van der Waals surface area (Å²) in [7, 11) is 0. The van der Waals surface area contributed by atoms with E-state index in [-0.39, 0.29) is 17.3 Å². The highest BCUT2D eigenvalue weighted by Gasteiger charge is 2.26. The van der Waals surface area contributed by atoms with Gasteiger partial charge in [0.25, 0.3) is 0 Å². The summed E-state index contributed by atoms with van der Waals surface area (Å²) in [6, 6.07) is 15.9. The van der Waals surface area contributed by atoms with Gasteiger partial charge in [0.05, 0.1) is 0 Å². The van der Waals surface area contributed by atoms with Crippen molar-refractivity contribution in [2.45, 2.75) is 58.3 Å². The van der Waals surface area contributed by atoms with Crippen LogP contribution in [0.4, 0.5) is 13.2 Å². The lowest BCUT2D eigenvalue weighted by atomic mass is 9.77. The third-order valence-corrected chi connectivity index (χ3v) is 6.98. The predicted molar refractivity (Wildman–Crippen MR) is 131 cm³/mol. The largest absolute Gasteiger partial charge is 0.207 e. The van der Waals surface area contributed by atoms with Crippen LogP contribution < -0.4 is 0 Å². The first kappa shape index (κ1) is 23.4. The van der Waals surface area contributed by atoms with Gasteiger partial charge in [-0.3, -0.25) is 0 Å². The number of benzene rings is 3. The summed E-state index contributed by atoms with van der Waals surface area (Å²) >= 11 is 0. The fourth-order valence-electron chi connectivity index (χ4n) is 4.95. The molecule has 4 rings (SSSR count). The predicted octanol–water partition coefficient (Wildman–Crippen LogP) is 9.32. The SMILES string of the molecule is CCCC1CCC(c2ccc(-c3ccc(C=Cc4ccc(C)c(F)c4)cc3)c(F)c2F)CC1. The molecule has 1 aliphatic carbocycles. The average Bonchev–Trinajstić information content (AvgIpc) is 2.83. The third kappa shape index (κ3) is 5.40. The van der Waals surface area contributed by atoms with E-state index in [1.54, 1.807) is 37.3 Å². The summed E-state index contributed by atoms with van der Waals surface area (Å²) in [5.41, 5.74) is 3.74. The summed E-state index contributed by atoms with van der Waals surface area (Å²) in [6.45, 7) is 3.93. The fraction of sp³-hybridized carbons (Fsp3) is 0.333. The maximum absolute atomic E-state index is 15.0. The Balaban J connectivity index is 1.48. The van der Waals surface area contributed by atoms with Crippen LogP contribution in [0.25, 0.3) is 23.3 Å². The van der Waals surface area contributed by atoms with E-state index in [1.165, 1.54) is 18.9 Å². The molecule has 1 fully saturated rings. The Hall–Kier alpha value is -2.81. The van der Waals surface area contributed by atoms with Crippen LogP contribution in [0.1, 0.15) is 73.6 Å². The molecule has 172 valence electrons. The number of halogens is 3. The Morgan fingerprint density at radius 2 is 1.45 bits per heavy atom. The Kier molecular flexibility index (Phi) is 7.37. The van der Waals surface area contributed by atoms with Gasteiger partial charge in [0.2, 0.25) is 0 Å². The molecule has 0 heterocycles. The molecule has 0 bridgehead atoms. The molecule has 3 aromatic rings. The normalized spacial score (nSPS) is 18.7. The minimum atomic E-state index is -0.762. The molecule has 0 nitrogen and oxygen atoms in total. The zero-order chi connectivity index (χ0) is 23.4. The van der Waals surface area contributed by atoms with E-state index in [4.69, 9.17) is 0 Å². The van der Waals surface area contributed by atoms with Crippen molar-refractivity contribution in [3.8, 4) is 11.1 Å². The topological polar surface area (TPSA) is 0 Å². The van der Waals surface area contributed by atoms with Crippen LogP contribution in [0.5, 0.6) is 0 Å². The molecule has 1 saturated carbocycles. The fourth-order valence-corrected chi connectivity index (χ4v) is 4.95. The number of rotatable bonds is 6. The Bertz CT molecular complexity index is 1120. The summed E-state index contributed by atoms with van der Waals surface area (Å²) < 4.78 is 43.7. The second-order valence-electron chi connectivity index (χ2n) is 9.30. The zero-order valence-electron chi connectivity index (χ0n) is 19.4. The summed E-state index contributed by atoms with van der Waals surface area (Å²) in [6.07, 6.45) is 10.2. The lowest BCUT2D eigenvalue weighted by Crippen LogP contribution is -2.14. The highest BCUT2D eigenvalue weighted by atomic mass is 19.2. The molecule has 0 unspecified atom stereocenters. The standard InChI is InChI=1S/C30H31F3/c1-3-4-21-9-13-24(14-10-21)26-17-18-27(30(33)29(26)32)25-15-11-22(12-16-25)7-8-23-6-5-20(2)28(31)19-23/h5-8,11-12,15-19,21,24H,3-4,9-10,13-14H2,1-2H3. The monoisotopic (exact) mass is 448 g/mol. The third-order valence-electron chi connectivity index (χ3n) is 6.98. The average molecular weight is 449 g/mol. The lowest BCUT2D eigenvalue weighted by Gasteiger charge is -2.29. The van der Waals surface area contributed by atoms with Gasteiger partial charge in [-0.05, 0) is 78.3 Å². The van der Waals surface area contributed by atoms with Gasteiger partial charge in [0, 0.05) is 5.56 Å². The first-order valence-corrected chi connectivity index (χ1v) is 12.0. The Morgan fingerprint density at radius 1 is 0.788 bits per heavy atom. The van der Waals surface area contributed by atoms with Crippen LogP contribution in [0.3, 0.4) is 0 Å². The van der Waals surface area contributed by atoms with Crippen LogP contribution in [0.2, 0.25) is 0 Å². The van der Waals surface area contributed by atoms with E-state index in [0.29, 0.717) is 16.7 Å². The van der Waals surface area contributed by atoms with Crippen LogP contribution in [0.15, 0.2) is 54.6 Å². The van der Waals surface area contributed by atoms with Crippen LogP contribution in [-0.2, 0) is 0 Å². The van der Waals surface area contributed by atoms with Gasteiger partial charge < -0.3 is 0 Å². The number of aryl methyl sites for hydroxylation is 1. The molecule has 1 aliphatic rings. The van der Waals surface area contributed by atoms with Crippen molar-refractivity contribution < 1.29 is 13.2 Å². The molecular formula is C30H31F3. The van der Waals surface area contributed by atoms with E-state index < -0.39 is 11.6 Å². The van der Waals surface area contributed by atoms with Crippen LogP contribution in [0, 0.1) is 30.3 Å². The first-order valence-electron chi connectivity index (χ1n) is 12.0. The molecule has 3 heteroatoms. The van der Waals surface area contributed by atoms with Gasteiger partial charge in [0.1, 0.15) is 5.82 Å².